The van der Waals surface area contributed by atoms with Gasteiger partial charge in [-0.25, -0.2) is 4.98 Å². The Balaban J connectivity index is 1.51. The molecule has 0 radical (unpaired) electrons. The Morgan fingerprint density at radius 1 is 1.24 bits per heavy atom. The van der Waals surface area contributed by atoms with Crippen molar-refractivity contribution >= 4 is 30.0 Å². The van der Waals surface area contributed by atoms with Gasteiger partial charge >= 0.3 is 0 Å². The highest BCUT2D eigenvalue weighted by atomic mass is 32.1. The molecule has 1 aliphatic heterocycles. The predicted molar refractivity (Wildman–Crippen MR) is 115 cm³/mol. The summed E-state index contributed by atoms with van der Waals surface area (Å²) in [7, 11) is 1.64. The molecule has 0 atom stereocenters. The molecular weight excluding hydrogens is 386 g/mol. The van der Waals surface area contributed by atoms with E-state index in [1.165, 1.54) is 0 Å². The number of aromatic nitrogens is 1. The summed E-state index contributed by atoms with van der Waals surface area (Å²) in [5.41, 5.74) is 2.43. The van der Waals surface area contributed by atoms with Crippen LogP contribution >= 0.6 is 12.6 Å². The number of carbonyl (C=O) groups excluding carboxylic acids is 1. The highest BCUT2D eigenvalue weighted by Crippen LogP contribution is 2.36. The summed E-state index contributed by atoms with van der Waals surface area (Å²) in [5, 5.41) is 2.91. The van der Waals surface area contributed by atoms with Crippen molar-refractivity contribution in [3.05, 3.63) is 71.9 Å². The molecule has 1 aliphatic rings. The number of anilines is 2. The summed E-state index contributed by atoms with van der Waals surface area (Å²) in [6, 6.07) is 17.2. The number of rotatable bonds is 5. The number of amides is 1. The molecule has 29 heavy (non-hydrogen) atoms. The van der Waals surface area contributed by atoms with Gasteiger partial charge in [0.15, 0.2) is 11.6 Å². The summed E-state index contributed by atoms with van der Waals surface area (Å²) in [6.45, 7) is 1.60. The van der Waals surface area contributed by atoms with E-state index in [9.17, 15) is 4.79 Å². The van der Waals surface area contributed by atoms with E-state index in [0.29, 0.717) is 36.8 Å². The van der Waals surface area contributed by atoms with Gasteiger partial charge in [0.25, 0.3) is 5.91 Å². The molecule has 0 spiro atoms. The van der Waals surface area contributed by atoms with Crippen LogP contribution in [0.1, 0.15) is 15.9 Å². The van der Waals surface area contributed by atoms with Crippen LogP contribution in [0.25, 0.3) is 0 Å². The SMILES string of the molecule is COc1cccc(N2CCOc3cc(C(=O)NCc4ccc(S)cc4)cnc32)c1. The molecule has 4 rings (SSSR count). The van der Waals surface area contributed by atoms with E-state index in [1.54, 1.807) is 19.4 Å². The molecule has 0 bridgehead atoms. The second-order valence-electron chi connectivity index (χ2n) is 6.60. The molecule has 1 aromatic heterocycles. The molecule has 0 saturated carbocycles. The minimum absolute atomic E-state index is 0.197. The third kappa shape index (κ3) is 4.30. The van der Waals surface area contributed by atoms with Crippen molar-refractivity contribution in [2.75, 3.05) is 25.2 Å². The highest BCUT2D eigenvalue weighted by Gasteiger charge is 2.23. The largest absolute Gasteiger partial charge is 0.497 e. The third-order valence-corrected chi connectivity index (χ3v) is 4.98. The third-order valence-electron chi connectivity index (χ3n) is 4.68. The molecule has 3 aromatic rings. The van der Waals surface area contributed by atoms with Crippen LogP contribution in [0.5, 0.6) is 11.5 Å². The first-order valence-electron chi connectivity index (χ1n) is 9.24. The summed E-state index contributed by atoms with van der Waals surface area (Å²) in [4.78, 5) is 20.0. The van der Waals surface area contributed by atoms with Gasteiger partial charge in [0.1, 0.15) is 12.4 Å². The van der Waals surface area contributed by atoms with E-state index in [2.05, 4.69) is 27.8 Å². The number of fused-ring (bicyclic) bond motifs is 1. The van der Waals surface area contributed by atoms with Crippen LogP contribution in [0.3, 0.4) is 0 Å². The second kappa shape index (κ2) is 8.45. The molecule has 2 aromatic carbocycles. The molecule has 0 saturated heterocycles. The Bertz CT molecular complexity index is 1020. The van der Waals surface area contributed by atoms with E-state index in [1.807, 2.05) is 48.5 Å². The molecule has 1 amide bonds. The zero-order chi connectivity index (χ0) is 20.2. The predicted octanol–water partition coefficient (Wildman–Crippen LogP) is 3.84. The standard InChI is InChI=1S/C22H21N3O3S/c1-27-18-4-2-3-17(12-18)25-9-10-28-20-11-16(14-23-21(20)25)22(26)24-13-15-5-7-19(29)8-6-15/h2-8,11-12,14,29H,9-10,13H2,1H3,(H,24,26). The maximum Gasteiger partial charge on any atom is 0.253 e. The molecular formula is C22H21N3O3S. The van der Waals surface area contributed by atoms with Gasteiger partial charge in [0.2, 0.25) is 0 Å². The van der Waals surface area contributed by atoms with Gasteiger partial charge in [-0.15, -0.1) is 12.6 Å². The second-order valence-corrected chi connectivity index (χ2v) is 7.11. The van der Waals surface area contributed by atoms with Crippen molar-refractivity contribution in [3.8, 4) is 11.5 Å². The fraction of sp³-hybridized carbons (Fsp3) is 0.182. The number of thiol groups is 1. The monoisotopic (exact) mass is 407 g/mol. The van der Waals surface area contributed by atoms with E-state index in [-0.39, 0.29) is 5.91 Å². The van der Waals surface area contributed by atoms with Gasteiger partial charge in [-0.1, -0.05) is 18.2 Å². The summed E-state index contributed by atoms with van der Waals surface area (Å²) in [5.74, 6) is 1.85. The quantitative estimate of drug-likeness (QED) is 0.629. The van der Waals surface area contributed by atoms with Gasteiger partial charge in [-0.2, -0.15) is 0 Å². The van der Waals surface area contributed by atoms with Crippen LogP contribution in [0.15, 0.2) is 65.7 Å². The highest BCUT2D eigenvalue weighted by molar-refractivity contribution is 7.80. The van der Waals surface area contributed by atoms with Crippen LogP contribution < -0.4 is 19.7 Å². The average Bonchev–Trinajstić information content (AvgIpc) is 2.77. The maximum absolute atomic E-state index is 12.6. The van der Waals surface area contributed by atoms with Gasteiger partial charge in [-0.05, 0) is 35.9 Å². The smallest absolute Gasteiger partial charge is 0.253 e. The van der Waals surface area contributed by atoms with Gasteiger partial charge in [0.05, 0.1) is 19.2 Å². The van der Waals surface area contributed by atoms with Gasteiger partial charge < -0.3 is 19.7 Å². The Morgan fingerprint density at radius 3 is 2.86 bits per heavy atom. The fourth-order valence-corrected chi connectivity index (χ4v) is 3.30. The molecule has 6 nitrogen and oxygen atoms in total. The molecule has 0 aliphatic carbocycles. The Hall–Kier alpha value is -3.19. The summed E-state index contributed by atoms with van der Waals surface area (Å²) in [6.07, 6.45) is 1.58. The van der Waals surface area contributed by atoms with Crippen molar-refractivity contribution in [1.82, 2.24) is 10.3 Å². The lowest BCUT2D eigenvalue weighted by molar-refractivity contribution is 0.0950. The Kier molecular flexibility index (Phi) is 5.57. The van der Waals surface area contributed by atoms with Crippen LogP contribution in [0.2, 0.25) is 0 Å². The molecule has 0 unspecified atom stereocenters. The number of nitrogens with one attached hydrogen (secondary N) is 1. The van der Waals surface area contributed by atoms with Crippen molar-refractivity contribution in [1.29, 1.82) is 0 Å². The first kappa shape index (κ1) is 19.1. The Morgan fingerprint density at radius 2 is 2.07 bits per heavy atom. The lowest BCUT2D eigenvalue weighted by Crippen LogP contribution is -2.30. The van der Waals surface area contributed by atoms with E-state index >= 15 is 0 Å². The minimum atomic E-state index is -0.197. The number of nitrogens with zero attached hydrogens (tertiary/aromatic N) is 2. The van der Waals surface area contributed by atoms with Crippen molar-refractivity contribution in [2.45, 2.75) is 11.4 Å². The number of methoxy groups -OCH3 is 1. The van der Waals surface area contributed by atoms with Crippen molar-refractivity contribution < 1.29 is 14.3 Å². The van der Waals surface area contributed by atoms with Crippen molar-refractivity contribution in [3.63, 3.8) is 0 Å². The van der Waals surface area contributed by atoms with Crippen molar-refractivity contribution in [2.24, 2.45) is 0 Å². The lowest BCUT2D eigenvalue weighted by Gasteiger charge is -2.30. The van der Waals surface area contributed by atoms with Gasteiger partial charge in [0, 0.05) is 29.4 Å². The topological polar surface area (TPSA) is 63.7 Å². The van der Waals surface area contributed by atoms with Crippen LogP contribution in [0, 0.1) is 0 Å². The number of hydrogen-bond acceptors (Lipinski definition) is 6. The first-order chi connectivity index (χ1) is 14.1. The molecule has 0 fully saturated rings. The number of ether oxygens (including phenoxy) is 2. The average molecular weight is 407 g/mol. The van der Waals surface area contributed by atoms with E-state index < -0.39 is 0 Å². The number of benzene rings is 2. The van der Waals surface area contributed by atoms with E-state index in [4.69, 9.17) is 9.47 Å². The number of carbonyl (C=O) groups is 1. The first-order valence-corrected chi connectivity index (χ1v) is 9.69. The van der Waals surface area contributed by atoms with Crippen LogP contribution in [-0.2, 0) is 6.54 Å². The maximum atomic E-state index is 12.6. The molecule has 1 N–H and O–H groups in total. The summed E-state index contributed by atoms with van der Waals surface area (Å²) >= 11 is 4.27. The molecule has 2 heterocycles. The van der Waals surface area contributed by atoms with Crippen LogP contribution in [0.4, 0.5) is 11.5 Å². The van der Waals surface area contributed by atoms with Gasteiger partial charge in [-0.3, -0.25) is 4.79 Å². The fourth-order valence-electron chi connectivity index (χ4n) is 3.15. The molecule has 7 heteroatoms. The zero-order valence-electron chi connectivity index (χ0n) is 16.0. The van der Waals surface area contributed by atoms with E-state index in [0.717, 1.165) is 21.9 Å². The summed E-state index contributed by atoms with van der Waals surface area (Å²) < 4.78 is 11.1. The lowest BCUT2D eigenvalue weighted by atomic mass is 10.2. The minimum Gasteiger partial charge on any atom is -0.497 e. The normalized spacial score (nSPS) is 12.7. The number of pyridine rings is 1. The zero-order valence-corrected chi connectivity index (χ0v) is 16.9. The Labute approximate surface area is 174 Å². The van der Waals surface area contributed by atoms with Crippen LogP contribution in [-0.4, -0.2) is 31.2 Å². The number of hydrogen-bond donors (Lipinski definition) is 2. The molecule has 148 valence electrons.